The van der Waals surface area contributed by atoms with Gasteiger partial charge in [-0.3, -0.25) is 0 Å². The standard InChI is InChI=1S/C20H26N2O2/c1-20(2,3)24-19(23)22-12-11-21-17(14-22)13-16-9-6-8-15-7-4-5-10-18(15)16/h4-10,17,21H,11-14H2,1-3H3/t17-/m1/s1. The summed E-state index contributed by atoms with van der Waals surface area (Å²) < 4.78 is 5.51. The van der Waals surface area contributed by atoms with Crippen molar-refractivity contribution >= 4 is 16.9 Å². The zero-order valence-corrected chi connectivity index (χ0v) is 14.7. The molecule has 0 aromatic heterocycles. The first-order chi connectivity index (χ1) is 11.4. The molecule has 0 bridgehead atoms. The minimum Gasteiger partial charge on any atom is -0.444 e. The predicted octanol–water partition coefficient (Wildman–Crippen LogP) is 3.59. The number of ether oxygens (including phenoxy) is 1. The smallest absolute Gasteiger partial charge is 0.410 e. The largest absolute Gasteiger partial charge is 0.444 e. The Labute approximate surface area is 143 Å². The molecule has 0 unspecified atom stereocenters. The summed E-state index contributed by atoms with van der Waals surface area (Å²) in [5, 5.41) is 6.08. The number of carbonyl (C=O) groups is 1. The van der Waals surface area contributed by atoms with E-state index >= 15 is 0 Å². The van der Waals surface area contributed by atoms with Gasteiger partial charge in [0.25, 0.3) is 0 Å². The molecule has 0 saturated carbocycles. The van der Waals surface area contributed by atoms with Crippen molar-refractivity contribution in [1.29, 1.82) is 0 Å². The number of nitrogens with one attached hydrogen (secondary N) is 1. The first-order valence-electron chi connectivity index (χ1n) is 8.60. The summed E-state index contributed by atoms with van der Waals surface area (Å²) >= 11 is 0. The molecule has 2 aromatic carbocycles. The van der Waals surface area contributed by atoms with E-state index in [9.17, 15) is 4.79 Å². The highest BCUT2D eigenvalue weighted by atomic mass is 16.6. The van der Waals surface area contributed by atoms with Gasteiger partial charge in [0.1, 0.15) is 5.60 Å². The number of piperazine rings is 1. The van der Waals surface area contributed by atoms with Crippen molar-refractivity contribution in [3.8, 4) is 0 Å². The molecule has 2 aromatic rings. The number of amides is 1. The van der Waals surface area contributed by atoms with Crippen LogP contribution >= 0.6 is 0 Å². The number of nitrogens with zero attached hydrogens (tertiary/aromatic N) is 1. The van der Waals surface area contributed by atoms with Crippen LogP contribution in [0.3, 0.4) is 0 Å². The Bertz CT molecular complexity index is 716. The van der Waals surface area contributed by atoms with E-state index in [4.69, 9.17) is 4.74 Å². The predicted molar refractivity (Wildman–Crippen MR) is 97.2 cm³/mol. The molecular formula is C20H26N2O2. The average Bonchev–Trinajstić information content (AvgIpc) is 2.54. The van der Waals surface area contributed by atoms with E-state index in [1.54, 1.807) is 0 Å². The molecule has 1 aliphatic heterocycles. The van der Waals surface area contributed by atoms with Crippen molar-refractivity contribution in [2.24, 2.45) is 0 Å². The summed E-state index contributed by atoms with van der Waals surface area (Å²) in [5.74, 6) is 0. The summed E-state index contributed by atoms with van der Waals surface area (Å²) in [6.45, 7) is 7.88. The van der Waals surface area contributed by atoms with E-state index in [1.165, 1.54) is 16.3 Å². The van der Waals surface area contributed by atoms with E-state index < -0.39 is 5.60 Å². The molecule has 1 N–H and O–H groups in total. The first-order valence-corrected chi connectivity index (χ1v) is 8.60. The second-order valence-electron chi connectivity index (χ2n) is 7.42. The van der Waals surface area contributed by atoms with Crippen LogP contribution in [0.25, 0.3) is 10.8 Å². The molecule has 4 heteroatoms. The van der Waals surface area contributed by atoms with Gasteiger partial charge >= 0.3 is 6.09 Å². The lowest BCUT2D eigenvalue weighted by Crippen LogP contribution is -2.54. The van der Waals surface area contributed by atoms with Crippen molar-refractivity contribution < 1.29 is 9.53 Å². The van der Waals surface area contributed by atoms with Crippen LogP contribution < -0.4 is 5.32 Å². The fourth-order valence-corrected chi connectivity index (χ4v) is 3.19. The summed E-state index contributed by atoms with van der Waals surface area (Å²) in [7, 11) is 0. The minimum absolute atomic E-state index is 0.216. The van der Waals surface area contributed by atoms with Crippen molar-refractivity contribution in [1.82, 2.24) is 10.2 Å². The van der Waals surface area contributed by atoms with Crippen molar-refractivity contribution in [2.75, 3.05) is 19.6 Å². The van der Waals surface area contributed by atoms with Crippen LogP contribution in [0.1, 0.15) is 26.3 Å². The summed E-state index contributed by atoms with van der Waals surface area (Å²) in [5.41, 5.74) is 0.865. The molecule has 1 amide bonds. The van der Waals surface area contributed by atoms with Crippen LogP contribution in [0, 0.1) is 0 Å². The van der Waals surface area contributed by atoms with Gasteiger partial charge in [-0.1, -0.05) is 42.5 Å². The highest BCUT2D eigenvalue weighted by molar-refractivity contribution is 5.85. The second kappa shape index (κ2) is 6.81. The van der Waals surface area contributed by atoms with Gasteiger partial charge in [0.15, 0.2) is 0 Å². The normalized spacial score (nSPS) is 18.6. The summed E-state index contributed by atoms with van der Waals surface area (Å²) in [4.78, 5) is 14.1. The summed E-state index contributed by atoms with van der Waals surface area (Å²) in [6.07, 6.45) is 0.688. The SMILES string of the molecule is CC(C)(C)OC(=O)N1CCN[C@H](Cc2cccc3ccccc23)C1. The van der Waals surface area contributed by atoms with Gasteiger partial charge in [-0.25, -0.2) is 4.79 Å². The van der Waals surface area contributed by atoms with E-state index in [0.717, 1.165) is 13.0 Å². The molecule has 0 aliphatic carbocycles. The first kappa shape index (κ1) is 16.8. The lowest BCUT2D eigenvalue weighted by molar-refractivity contribution is 0.0195. The Morgan fingerprint density at radius 2 is 1.96 bits per heavy atom. The van der Waals surface area contributed by atoms with Crippen molar-refractivity contribution in [3.63, 3.8) is 0 Å². The van der Waals surface area contributed by atoms with E-state index in [0.29, 0.717) is 13.1 Å². The van der Waals surface area contributed by atoms with Crippen LogP contribution in [0.2, 0.25) is 0 Å². The van der Waals surface area contributed by atoms with Crippen LogP contribution in [0.5, 0.6) is 0 Å². The molecule has 1 atom stereocenters. The summed E-state index contributed by atoms with van der Waals surface area (Å²) in [6, 6.07) is 15.1. The quantitative estimate of drug-likeness (QED) is 0.917. The monoisotopic (exact) mass is 326 g/mol. The fraction of sp³-hybridized carbons (Fsp3) is 0.450. The highest BCUT2D eigenvalue weighted by Crippen LogP contribution is 2.21. The Morgan fingerprint density at radius 3 is 2.75 bits per heavy atom. The van der Waals surface area contributed by atoms with Crippen LogP contribution in [0.15, 0.2) is 42.5 Å². The molecule has 1 saturated heterocycles. The molecule has 3 rings (SSSR count). The minimum atomic E-state index is -0.451. The Morgan fingerprint density at radius 1 is 1.21 bits per heavy atom. The maximum absolute atomic E-state index is 12.3. The molecule has 1 heterocycles. The van der Waals surface area contributed by atoms with Gasteiger partial charge < -0.3 is 15.0 Å². The zero-order valence-electron chi connectivity index (χ0n) is 14.7. The van der Waals surface area contributed by atoms with E-state index in [1.807, 2.05) is 25.7 Å². The Hall–Kier alpha value is -2.07. The molecule has 0 radical (unpaired) electrons. The van der Waals surface area contributed by atoms with Gasteiger partial charge in [-0.2, -0.15) is 0 Å². The number of fused-ring (bicyclic) bond motifs is 1. The fourth-order valence-electron chi connectivity index (χ4n) is 3.19. The molecular weight excluding hydrogens is 300 g/mol. The number of benzene rings is 2. The van der Waals surface area contributed by atoms with Gasteiger partial charge in [0, 0.05) is 25.7 Å². The maximum Gasteiger partial charge on any atom is 0.410 e. The third-order valence-corrected chi connectivity index (χ3v) is 4.25. The second-order valence-corrected chi connectivity index (χ2v) is 7.42. The molecule has 0 spiro atoms. The zero-order chi connectivity index (χ0) is 17.2. The number of carbonyl (C=O) groups excluding carboxylic acids is 1. The molecule has 24 heavy (non-hydrogen) atoms. The maximum atomic E-state index is 12.3. The van der Waals surface area contributed by atoms with Crippen LogP contribution in [-0.2, 0) is 11.2 Å². The van der Waals surface area contributed by atoms with Crippen LogP contribution in [0.4, 0.5) is 4.79 Å². The van der Waals surface area contributed by atoms with Gasteiger partial charge in [-0.15, -0.1) is 0 Å². The third-order valence-electron chi connectivity index (χ3n) is 4.25. The van der Waals surface area contributed by atoms with E-state index in [2.05, 4.69) is 47.8 Å². The van der Waals surface area contributed by atoms with Crippen molar-refractivity contribution in [2.45, 2.75) is 38.8 Å². The van der Waals surface area contributed by atoms with Gasteiger partial charge in [0.2, 0.25) is 0 Å². The Balaban J connectivity index is 1.70. The topological polar surface area (TPSA) is 41.6 Å². The van der Waals surface area contributed by atoms with Gasteiger partial charge in [0.05, 0.1) is 0 Å². The number of rotatable bonds is 2. The lowest BCUT2D eigenvalue weighted by Gasteiger charge is -2.35. The number of hydrogen-bond donors (Lipinski definition) is 1. The molecule has 1 aliphatic rings. The molecule has 128 valence electrons. The average molecular weight is 326 g/mol. The third kappa shape index (κ3) is 4.06. The van der Waals surface area contributed by atoms with Gasteiger partial charge in [-0.05, 0) is 43.5 Å². The Kier molecular flexibility index (Phi) is 4.76. The molecule has 4 nitrogen and oxygen atoms in total. The molecule has 1 fully saturated rings. The van der Waals surface area contributed by atoms with Crippen molar-refractivity contribution in [3.05, 3.63) is 48.0 Å². The van der Waals surface area contributed by atoms with E-state index in [-0.39, 0.29) is 12.1 Å². The highest BCUT2D eigenvalue weighted by Gasteiger charge is 2.27. The van der Waals surface area contributed by atoms with Crippen LogP contribution in [-0.4, -0.2) is 42.3 Å². The lowest BCUT2D eigenvalue weighted by atomic mass is 9.98. The number of hydrogen-bond acceptors (Lipinski definition) is 3.